The topological polar surface area (TPSA) is 78.9 Å². The lowest BCUT2D eigenvalue weighted by atomic mass is 10.0. The van der Waals surface area contributed by atoms with Crippen molar-refractivity contribution in [3.05, 3.63) is 0 Å². The number of hydrogen-bond donors (Lipinski definition) is 0. The Balaban J connectivity index is 4.12. The van der Waals surface area contributed by atoms with E-state index >= 15 is 0 Å². The number of hydrogen-bond acceptors (Lipinski definition) is 6. The summed E-state index contributed by atoms with van der Waals surface area (Å²) < 4.78 is 17.0. The molecule has 0 fully saturated rings. The van der Waals surface area contributed by atoms with E-state index in [1.807, 2.05) is 0 Å². The van der Waals surface area contributed by atoms with Crippen molar-refractivity contribution in [2.45, 2.75) is 412 Å². The summed E-state index contributed by atoms with van der Waals surface area (Å²) >= 11 is 0. The lowest BCUT2D eigenvalue weighted by Crippen LogP contribution is -2.30. The molecule has 446 valence electrons. The average Bonchev–Trinajstić information content (AvgIpc) is 3.41. The second-order valence-corrected chi connectivity index (χ2v) is 23.8. The molecule has 1 unspecified atom stereocenters. The van der Waals surface area contributed by atoms with Gasteiger partial charge in [0.2, 0.25) is 0 Å². The van der Waals surface area contributed by atoms with Gasteiger partial charge in [-0.2, -0.15) is 0 Å². The fourth-order valence-corrected chi connectivity index (χ4v) is 10.9. The summed E-state index contributed by atoms with van der Waals surface area (Å²) in [7, 11) is 0. The van der Waals surface area contributed by atoms with E-state index in [2.05, 4.69) is 20.8 Å². The zero-order valence-corrected chi connectivity index (χ0v) is 51.4. The number of unbranched alkanes of at least 4 members (excludes halogenated alkanes) is 54. The highest BCUT2D eigenvalue weighted by Crippen LogP contribution is 2.19. The van der Waals surface area contributed by atoms with E-state index in [1.54, 1.807) is 0 Å². The summed E-state index contributed by atoms with van der Waals surface area (Å²) in [6.07, 6.45) is 75.7. The van der Waals surface area contributed by atoms with Crippen molar-refractivity contribution in [1.82, 2.24) is 0 Å². The Bertz CT molecular complexity index is 1120. The molecule has 0 heterocycles. The van der Waals surface area contributed by atoms with Gasteiger partial charge in [0.1, 0.15) is 13.2 Å². The Kier molecular flexibility index (Phi) is 63.6. The van der Waals surface area contributed by atoms with Gasteiger partial charge < -0.3 is 14.2 Å². The van der Waals surface area contributed by atoms with Crippen LogP contribution in [0.25, 0.3) is 0 Å². The lowest BCUT2D eigenvalue weighted by Gasteiger charge is -2.18. The van der Waals surface area contributed by atoms with Crippen LogP contribution >= 0.6 is 0 Å². The fraction of sp³-hybridized carbons (Fsp3) is 0.957. The molecule has 0 bridgehead atoms. The van der Waals surface area contributed by atoms with Gasteiger partial charge in [-0.15, -0.1) is 0 Å². The van der Waals surface area contributed by atoms with Gasteiger partial charge in [0, 0.05) is 19.3 Å². The second kappa shape index (κ2) is 64.9. The maximum absolute atomic E-state index is 12.9. The van der Waals surface area contributed by atoms with Gasteiger partial charge in [-0.1, -0.05) is 367 Å². The Morgan fingerprint density at radius 2 is 0.360 bits per heavy atom. The Labute approximate surface area is 469 Å². The van der Waals surface area contributed by atoms with Crippen LogP contribution in [0, 0.1) is 0 Å². The van der Waals surface area contributed by atoms with Gasteiger partial charge in [-0.25, -0.2) is 0 Å². The minimum Gasteiger partial charge on any atom is -0.462 e. The summed E-state index contributed by atoms with van der Waals surface area (Å²) in [5.74, 6) is -0.824. The maximum Gasteiger partial charge on any atom is 0.306 e. The first kappa shape index (κ1) is 73.4. The van der Waals surface area contributed by atoms with Crippen molar-refractivity contribution in [3.63, 3.8) is 0 Å². The third-order valence-electron chi connectivity index (χ3n) is 16.1. The number of carbonyl (C=O) groups is 3. The number of rotatable bonds is 65. The van der Waals surface area contributed by atoms with Crippen LogP contribution < -0.4 is 0 Å². The van der Waals surface area contributed by atoms with Crippen LogP contribution in [0.1, 0.15) is 406 Å². The van der Waals surface area contributed by atoms with Crippen molar-refractivity contribution in [3.8, 4) is 0 Å². The lowest BCUT2D eigenvalue weighted by molar-refractivity contribution is -0.167. The van der Waals surface area contributed by atoms with E-state index in [-0.39, 0.29) is 31.1 Å². The third-order valence-corrected chi connectivity index (χ3v) is 16.1. The summed E-state index contributed by atoms with van der Waals surface area (Å²) in [5.41, 5.74) is 0. The molecule has 1 atom stereocenters. The van der Waals surface area contributed by atoms with Crippen LogP contribution in [0.3, 0.4) is 0 Å². The standard InChI is InChI=1S/C69H134O6/c1-4-7-10-13-16-19-22-25-27-29-30-31-32-33-34-35-36-37-38-39-41-42-44-47-50-53-56-59-62-68(71)74-65-66(64-73-67(70)61-58-55-52-49-46-24-21-18-15-12-9-6-3)75-69(72)63-60-57-54-51-48-45-43-40-28-26-23-20-17-14-11-8-5-2/h66H,4-65H2,1-3H3. The predicted molar refractivity (Wildman–Crippen MR) is 326 cm³/mol. The first-order chi connectivity index (χ1) is 37.0. The molecule has 0 aliphatic carbocycles. The quantitative estimate of drug-likeness (QED) is 0.0343. The van der Waals surface area contributed by atoms with E-state index in [1.165, 1.54) is 308 Å². The number of ether oxygens (including phenoxy) is 3. The van der Waals surface area contributed by atoms with E-state index in [0.717, 1.165) is 57.8 Å². The molecule has 75 heavy (non-hydrogen) atoms. The molecular formula is C69H134O6. The molecular weight excluding hydrogens is 925 g/mol. The highest BCUT2D eigenvalue weighted by atomic mass is 16.6. The van der Waals surface area contributed by atoms with Crippen LogP contribution in [-0.4, -0.2) is 37.2 Å². The molecule has 0 saturated carbocycles. The smallest absolute Gasteiger partial charge is 0.306 e. The van der Waals surface area contributed by atoms with Crippen molar-refractivity contribution < 1.29 is 28.6 Å². The van der Waals surface area contributed by atoms with Gasteiger partial charge in [0.25, 0.3) is 0 Å². The molecule has 0 saturated heterocycles. The van der Waals surface area contributed by atoms with Gasteiger partial charge in [0.15, 0.2) is 6.10 Å². The first-order valence-corrected chi connectivity index (χ1v) is 34.5. The first-order valence-electron chi connectivity index (χ1n) is 34.5. The maximum atomic E-state index is 12.9. The van der Waals surface area contributed by atoms with E-state index < -0.39 is 6.10 Å². The molecule has 0 rings (SSSR count). The van der Waals surface area contributed by atoms with E-state index in [9.17, 15) is 14.4 Å². The zero-order valence-electron chi connectivity index (χ0n) is 51.4. The van der Waals surface area contributed by atoms with Crippen LogP contribution in [-0.2, 0) is 28.6 Å². The zero-order chi connectivity index (χ0) is 54.3. The predicted octanol–water partition coefficient (Wildman–Crippen LogP) is 23.5. The summed E-state index contributed by atoms with van der Waals surface area (Å²) in [6.45, 7) is 6.73. The molecule has 0 amide bonds. The van der Waals surface area contributed by atoms with Crippen LogP contribution in [0.4, 0.5) is 0 Å². The van der Waals surface area contributed by atoms with Crippen LogP contribution in [0.2, 0.25) is 0 Å². The highest BCUT2D eigenvalue weighted by molar-refractivity contribution is 5.71. The molecule has 0 aliphatic heterocycles. The van der Waals surface area contributed by atoms with E-state index in [0.29, 0.717) is 19.3 Å². The Morgan fingerprint density at radius 1 is 0.213 bits per heavy atom. The molecule has 0 aromatic rings. The molecule has 0 N–H and O–H groups in total. The summed E-state index contributed by atoms with van der Waals surface area (Å²) in [5, 5.41) is 0. The van der Waals surface area contributed by atoms with Crippen molar-refractivity contribution >= 4 is 17.9 Å². The third kappa shape index (κ3) is 63.1. The normalized spacial score (nSPS) is 11.9. The Hall–Kier alpha value is -1.59. The van der Waals surface area contributed by atoms with Crippen molar-refractivity contribution in [2.24, 2.45) is 0 Å². The largest absolute Gasteiger partial charge is 0.462 e. The monoisotopic (exact) mass is 1060 g/mol. The molecule has 0 aliphatic rings. The number of carbonyl (C=O) groups excluding carboxylic acids is 3. The Morgan fingerprint density at radius 3 is 0.533 bits per heavy atom. The van der Waals surface area contributed by atoms with Crippen molar-refractivity contribution in [1.29, 1.82) is 0 Å². The molecule has 0 aromatic heterocycles. The minimum absolute atomic E-state index is 0.0605. The SMILES string of the molecule is CCCCCCCCCCCCCCCCCCCCCCCCCCCCCCC(=O)OCC(COC(=O)CCCCCCCCCCCCCC)OC(=O)CCCCCCCCCCCCCCCCCCC. The van der Waals surface area contributed by atoms with Crippen LogP contribution in [0.5, 0.6) is 0 Å². The minimum atomic E-state index is -0.762. The van der Waals surface area contributed by atoms with E-state index in [4.69, 9.17) is 14.2 Å². The van der Waals surface area contributed by atoms with Crippen LogP contribution in [0.15, 0.2) is 0 Å². The highest BCUT2D eigenvalue weighted by Gasteiger charge is 2.19. The molecule has 0 radical (unpaired) electrons. The van der Waals surface area contributed by atoms with Gasteiger partial charge in [0.05, 0.1) is 0 Å². The average molecular weight is 1060 g/mol. The second-order valence-electron chi connectivity index (χ2n) is 23.8. The molecule has 6 nitrogen and oxygen atoms in total. The van der Waals surface area contributed by atoms with Gasteiger partial charge in [-0.3, -0.25) is 14.4 Å². The summed E-state index contributed by atoms with van der Waals surface area (Å²) in [6, 6.07) is 0. The number of esters is 3. The van der Waals surface area contributed by atoms with Gasteiger partial charge >= 0.3 is 17.9 Å². The molecule has 0 aromatic carbocycles. The van der Waals surface area contributed by atoms with Gasteiger partial charge in [-0.05, 0) is 19.3 Å². The molecule has 0 spiro atoms. The van der Waals surface area contributed by atoms with Crippen molar-refractivity contribution in [2.75, 3.05) is 13.2 Å². The fourth-order valence-electron chi connectivity index (χ4n) is 10.9. The molecule has 6 heteroatoms. The summed E-state index contributed by atoms with van der Waals surface area (Å²) in [4.78, 5) is 38.3.